The maximum Gasteiger partial charge on any atom is 0.329 e. The molecule has 4 rings (SSSR count). The number of methoxy groups -OCH3 is 3. The van der Waals surface area contributed by atoms with E-state index < -0.39 is 83.9 Å². The van der Waals surface area contributed by atoms with Crippen LogP contribution in [0.3, 0.4) is 0 Å². The summed E-state index contributed by atoms with van der Waals surface area (Å²) in [7, 11) is 4.53. The van der Waals surface area contributed by atoms with Crippen LogP contribution in [0.4, 0.5) is 0 Å². The van der Waals surface area contributed by atoms with Gasteiger partial charge in [0, 0.05) is 58.5 Å². The van der Waals surface area contributed by atoms with E-state index in [2.05, 4.69) is 0 Å². The number of amides is 1. The van der Waals surface area contributed by atoms with Crippen molar-refractivity contribution in [2.45, 2.75) is 186 Å². The number of hydrogen-bond acceptors (Lipinski definition) is 13. The predicted molar refractivity (Wildman–Crippen MR) is 250 cm³/mol. The highest BCUT2D eigenvalue weighted by molar-refractivity contribution is 6.39. The van der Waals surface area contributed by atoms with Gasteiger partial charge < -0.3 is 43.9 Å². The zero-order valence-electron chi connectivity index (χ0n) is 41.3. The van der Waals surface area contributed by atoms with Crippen molar-refractivity contribution in [3.05, 3.63) is 47.6 Å². The molecule has 1 amide bonds. The van der Waals surface area contributed by atoms with Crippen LogP contribution in [0.15, 0.2) is 47.6 Å². The Balaban J connectivity index is 1.72. The lowest BCUT2D eigenvalue weighted by atomic mass is 9.78. The van der Waals surface area contributed by atoms with Crippen LogP contribution >= 0.6 is 0 Å². The second-order valence-electron chi connectivity index (χ2n) is 19.8. The first kappa shape index (κ1) is 55.2. The number of rotatable bonds is 7. The van der Waals surface area contributed by atoms with Crippen molar-refractivity contribution in [1.82, 2.24) is 4.90 Å². The number of esters is 1. The maximum absolute atomic E-state index is 14.4. The van der Waals surface area contributed by atoms with Crippen molar-refractivity contribution in [3.8, 4) is 0 Å². The number of carbonyl (C=O) groups excluding carboxylic acids is 5. The lowest BCUT2D eigenvalue weighted by Gasteiger charge is -2.43. The molecule has 3 heterocycles. The van der Waals surface area contributed by atoms with Gasteiger partial charge in [-0.25, -0.2) is 4.79 Å². The van der Waals surface area contributed by atoms with Crippen LogP contribution in [-0.2, 0) is 47.7 Å². The van der Waals surface area contributed by atoms with Gasteiger partial charge in [0.25, 0.3) is 11.7 Å². The van der Waals surface area contributed by atoms with Crippen molar-refractivity contribution in [2.24, 2.45) is 35.5 Å². The molecule has 0 aromatic rings. The van der Waals surface area contributed by atoms with Gasteiger partial charge in [0.2, 0.25) is 5.79 Å². The van der Waals surface area contributed by atoms with Crippen LogP contribution in [0.2, 0.25) is 0 Å². The third-order valence-corrected chi connectivity index (χ3v) is 14.8. The van der Waals surface area contributed by atoms with Gasteiger partial charge in [0.1, 0.15) is 30.1 Å². The van der Waals surface area contributed by atoms with Gasteiger partial charge in [-0.05, 0) is 113 Å². The molecule has 3 aliphatic heterocycles. The third kappa shape index (κ3) is 14.3. The van der Waals surface area contributed by atoms with Crippen molar-refractivity contribution in [3.63, 3.8) is 0 Å². The molecule has 0 radical (unpaired) electrons. The molecule has 2 saturated heterocycles. The average molecular weight is 928 g/mol. The number of cyclic esters (lactones) is 1. The minimum Gasteiger partial charge on any atom is -0.460 e. The van der Waals surface area contributed by atoms with E-state index >= 15 is 0 Å². The molecule has 1 saturated carbocycles. The minimum absolute atomic E-state index is 0.0189. The van der Waals surface area contributed by atoms with Gasteiger partial charge >= 0.3 is 5.97 Å². The molecule has 14 nitrogen and oxygen atoms in total. The van der Waals surface area contributed by atoms with Crippen molar-refractivity contribution >= 4 is 29.2 Å². The van der Waals surface area contributed by atoms with Crippen LogP contribution in [-0.4, -0.2) is 132 Å². The summed E-state index contributed by atoms with van der Waals surface area (Å²) in [6.45, 7) is 12.9. The molecule has 372 valence electrons. The molecule has 3 fully saturated rings. The lowest BCUT2D eigenvalue weighted by molar-refractivity contribution is -0.269. The van der Waals surface area contributed by atoms with E-state index in [0.717, 1.165) is 12.0 Å². The molecular weight excluding hydrogens is 847 g/mol. The van der Waals surface area contributed by atoms with Crippen LogP contribution in [0, 0.1) is 35.5 Å². The van der Waals surface area contributed by atoms with Gasteiger partial charge in [-0.2, -0.15) is 0 Å². The van der Waals surface area contributed by atoms with Gasteiger partial charge in [-0.1, -0.05) is 71.1 Å². The Morgan fingerprint density at radius 1 is 0.864 bits per heavy atom. The second kappa shape index (κ2) is 25.8. The molecule has 66 heavy (non-hydrogen) atoms. The van der Waals surface area contributed by atoms with Crippen LogP contribution < -0.4 is 0 Å². The fraction of sp³-hybridized carbons (Fsp3) is 0.750. The molecule has 0 aromatic heterocycles. The van der Waals surface area contributed by atoms with E-state index in [4.69, 9.17) is 23.7 Å². The van der Waals surface area contributed by atoms with E-state index in [1.165, 1.54) is 12.0 Å². The van der Waals surface area contributed by atoms with E-state index in [1.54, 1.807) is 34.1 Å². The standard InChI is InChI=1S/C52H81NO13/c1-11-38-21-22-39-29-43(62-8)32(3)18-14-12-13-17-31(2)25-35(6)46(56)48(64-10)47(57)36(7)26-33(4)42(55)30-44(34(5)27-37-20-23-41(54)45(28-37)63-9)65-51(60)40-19-15-16-24-53(40)50(59)49(58)52(38,61)66-39/h12-14,17-18,26,31,33-35,37-41,43-45,47-48,54,57,61H,11,15-16,19-25,27-30H2,1-10H3/t31-,33-,34?,35-,37?,38-,39-,40+,41-,43+,44-,45-,47-,48+,52-/m1/s1. The number of fused-ring (bicyclic) bond motifs is 3. The van der Waals surface area contributed by atoms with Crippen LogP contribution in [0.5, 0.6) is 0 Å². The molecule has 15 atom stereocenters. The number of carbonyl (C=O) groups is 5. The third-order valence-electron chi connectivity index (χ3n) is 14.8. The Labute approximate surface area is 393 Å². The summed E-state index contributed by atoms with van der Waals surface area (Å²) in [4.78, 5) is 72.2. The number of aliphatic hydroxyl groups is 3. The van der Waals surface area contributed by atoms with Crippen molar-refractivity contribution < 1.29 is 63.0 Å². The number of ether oxygens (including phenoxy) is 5. The fourth-order valence-corrected chi connectivity index (χ4v) is 10.5. The van der Waals surface area contributed by atoms with E-state index in [1.807, 2.05) is 65.0 Å². The summed E-state index contributed by atoms with van der Waals surface area (Å²) >= 11 is 0. The minimum atomic E-state index is -2.42. The Kier molecular flexibility index (Phi) is 21.6. The Hall–Kier alpha value is -3.37. The zero-order valence-corrected chi connectivity index (χ0v) is 41.3. The Bertz CT molecular complexity index is 1770. The smallest absolute Gasteiger partial charge is 0.329 e. The second-order valence-corrected chi connectivity index (χ2v) is 19.8. The van der Waals surface area contributed by atoms with Crippen LogP contribution in [0.1, 0.15) is 132 Å². The summed E-state index contributed by atoms with van der Waals surface area (Å²) in [5, 5.41) is 34.1. The van der Waals surface area contributed by atoms with Crippen molar-refractivity contribution in [1.29, 1.82) is 0 Å². The summed E-state index contributed by atoms with van der Waals surface area (Å²) in [5.74, 6) is -7.87. The Morgan fingerprint density at radius 2 is 1.59 bits per heavy atom. The number of allylic oxidation sites excluding steroid dienone is 6. The normalized spacial score (nSPS) is 37.4. The highest BCUT2D eigenvalue weighted by Crippen LogP contribution is 2.39. The quantitative estimate of drug-likeness (QED) is 0.141. The first-order chi connectivity index (χ1) is 31.3. The number of piperidine rings is 1. The number of nitrogens with zero attached hydrogens (tertiary/aromatic N) is 1. The van der Waals surface area contributed by atoms with E-state index in [9.17, 15) is 39.3 Å². The summed E-state index contributed by atoms with van der Waals surface area (Å²) in [6, 6.07) is -1.14. The molecule has 2 bridgehead atoms. The van der Waals surface area contributed by atoms with Crippen molar-refractivity contribution in [2.75, 3.05) is 27.9 Å². The number of ketones is 3. The largest absolute Gasteiger partial charge is 0.460 e. The highest BCUT2D eigenvalue weighted by atomic mass is 16.6. The maximum atomic E-state index is 14.4. The number of hydrogen-bond donors (Lipinski definition) is 3. The van der Waals surface area contributed by atoms with Crippen LogP contribution in [0.25, 0.3) is 0 Å². The molecule has 0 spiro atoms. The summed E-state index contributed by atoms with van der Waals surface area (Å²) < 4.78 is 29.5. The average Bonchev–Trinajstić information content (AvgIpc) is 3.29. The molecule has 3 N–H and O–H groups in total. The van der Waals surface area contributed by atoms with Gasteiger partial charge in [-0.15, -0.1) is 0 Å². The fourth-order valence-electron chi connectivity index (χ4n) is 10.5. The predicted octanol–water partition coefficient (Wildman–Crippen LogP) is 6.57. The molecular formula is C52H81NO13. The van der Waals surface area contributed by atoms with Gasteiger partial charge in [0.05, 0.1) is 24.4 Å². The molecule has 2 unspecified atom stereocenters. The number of aliphatic hydroxyl groups excluding tert-OH is 2. The summed E-state index contributed by atoms with van der Waals surface area (Å²) in [6.07, 6.45) is 11.6. The molecule has 1 aliphatic carbocycles. The molecule has 4 aliphatic rings. The number of Topliss-reactive ketones (excluding diaryl/α,β-unsaturated/α-hetero) is 3. The first-order valence-corrected chi connectivity index (χ1v) is 24.5. The SMILES string of the molecule is CC[C@@H]1CC[C@@H]2C[C@H](OC)C(C)=CC=CC=C[C@@H](C)C[C@@H](C)C(=O)[C@H](OC)[C@H](O)C(C)=C[C@@H](C)C(=O)C[C@H](C(C)CC3CC[C@@H](O)[C@H](OC)C3)OC(=O)[C@@H]3CCCCN3C(=O)C(=O)[C@]1(O)O2. The van der Waals surface area contributed by atoms with Gasteiger partial charge in [-0.3, -0.25) is 19.2 Å². The molecule has 0 aromatic carbocycles. The van der Waals surface area contributed by atoms with Gasteiger partial charge in [0.15, 0.2) is 5.78 Å². The van der Waals surface area contributed by atoms with E-state index in [0.29, 0.717) is 69.8 Å². The first-order valence-electron chi connectivity index (χ1n) is 24.5. The lowest BCUT2D eigenvalue weighted by Crippen LogP contribution is -2.61. The Morgan fingerprint density at radius 3 is 2.26 bits per heavy atom. The molecule has 14 heteroatoms. The zero-order chi connectivity index (χ0) is 48.9. The summed E-state index contributed by atoms with van der Waals surface area (Å²) in [5.41, 5.74) is 1.27. The topological polar surface area (TPSA) is 195 Å². The van der Waals surface area contributed by atoms with E-state index in [-0.39, 0.29) is 54.8 Å². The highest BCUT2D eigenvalue weighted by Gasteiger charge is 2.54. The monoisotopic (exact) mass is 928 g/mol.